The van der Waals surface area contributed by atoms with Gasteiger partial charge in [0.15, 0.2) is 0 Å². The summed E-state index contributed by atoms with van der Waals surface area (Å²) < 4.78 is 13.0. The van der Waals surface area contributed by atoms with Crippen molar-refractivity contribution in [2.24, 2.45) is 5.92 Å². The molecule has 1 nitrogen and oxygen atoms in total. The molecule has 1 N–H and O–H groups in total. The van der Waals surface area contributed by atoms with Gasteiger partial charge >= 0.3 is 0 Å². The third-order valence-corrected chi connectivity index (χ3v) is 3.04. The molecule has 0 amide bonds. The molecule has 2 heteroatoms. The summed E-state index contributed by atoms with van der Waals surface area (Å²) in [4.78, 5) is 0. The molecule has 0 bridgehead atoms. The summed E-state index contributed by atoms with van der Waals surface area (Å²) in [5, 5.41) is 10.3. The Kier molecular flexibility index (Phi) is 5.13. The number of hydrogen-bond donors (Lipinski definition) is 1. The zero-order valence-electron chi connectivity index (χ0n) is 11.0. The number of halogens is 1. The third kappa shape index (κ3) is 5.31. The Morgan fingerprint density at radius 1 is 1.41 bits per heavy atom. The standard InChI is InChI=1S/C15H23FO/c1-4-6-12(2)10-15(3,17)11-13-7-5-8-14(16)9-13/h5,7-9,12,17H,4,6,10-11H2,1-3H3. The highest BCUT2D eigenvalue weighted by Gasteiger charge is 2.23. The lowest BCUT2D eigenvalue weighted by molar-refractivity contribution is 0.0351. The van der Waals surface area contributed by atoms with E-state index in [9.17, 15) is 9.50 Å². The first kappa shape index (κ1) is 14.2. The topological polar surface area (TPSA) is 20.2 Å². The van der Waals surface area contributed by atoms with Gasteiger partial charge in [-0.2, -0.15) is 0 Å². The van der Waals surface area contributed by atoms with Crippen LogP contribution < -0.4 is 0 Å². The maximum atomic E-state index is 13.0. The van der Waals surface area contributed by atoms with Gasteiger partial charge in [0, 0.05) is 6.42 Å². The van der Waals surface area contributed by atoms with Crippen molar-refractivity contribution < 1.29 is 9.50 Å². The highest BCUT2D eigenvalue weighted by atomic mass is 19.1. The minimum atomic E-state index is -0.748. The normalized spacial score (nSPS) is 16.5. The van der Waals surface area contributed by atoms with Gasteiger partial charge in [0.1, 0.15) is 5.82 Å². The van der Waals surface area contributed by atoms with Gasteiger partial charge in [-0.1, -0.05) is 38.8 Å². The van der Waals surface area contributed by atoms with Crippen molar-refractivity contribution in [3.05, 3.63) is 35.6 Å². The fourth-order valence-electron chi connectivity index (χ4n) is 2.50. The van der Waals surface area contributed by atoms with Crippen molar-refractivity contribution in [1.29, 1.82) is 0 Å². The van der Waals surface area contributed by atoms with Crippen LogP contribution >= 0.6 is 0 Å². The van der Waals surface area contributed by atoms with E-state index in [0.29, 0.717) is 12.3 Å². The summed E-state index contributed by atoms with van der Waals surface area (Å²) in [7, 11) is 0. The summed E-state index contributed by atoms with van der Waals surface area (Å²) in [5.41, 5.74) is 0.112. The van der Waals surface area contributed by atoms with Crippen molar-refractivity contribution >= 4 is 0 Å². The van der Waals surface area contributed by atoms with E-state index >= 15 is 0 Å². The zero-order valence-corrected chi connectivity index (χ0v) is 11.0. The first-order valence-electron chi connectivity index (χ1n) is 6.40. The molecular formula is C15H23FO. The van der Waals surface area contributed by atoms with Gasteiger partial charge in [-0.15, -0.1) is 0 Å². The maximum Gasteiger partial charge on any atom is 0.123 e. The molecule has 2 unspecified atom stereocenters. The van der Waals surface area contributed by atoms with E-state index in [1.54, 1.807) is 6.07 Å². The molecule has 0 aliphatic carbocycles. The quantitative estimate of drug-likeness (QED) is 0.795. The van der Waals surface area contributed by atoms with Gasteiger partial charge in [0.05, 0.1) is 5.60 Å². The molecule has 0 aromatic heterocycles. The Labute approximate surface area is 104 Å². The SMILES string of the molecule is CCCC(C)CC(C)(O)Cc1cccc(F)c1. The second-order valence-electron chi connectivity index (χ2n) is 5.40. The lowest BCUT2D eigenvalue weighted by atomic mass is 9.86. The Morgan fingerprint density at radius 2 is 2.12 bits per heavy atom. The molecule has 0 spiro atoms. The molecule has 0 heterocycles. The number of aliphatic hydroxyl groups is 1. The van der Waals surface area contributed by atoms with Crippen molar-refractivity contribution in [2.75, 3.05) is 0 Å². The summed E-state index contributed by atoms with van der Waals surface area (Å²) in [6.07, 6.45) is 3.53. The van der Waals surface area contributed by atoms with Crippen LogP contribution in [0, 0.1) is 11.7 Å². The molecule has 1 aromatic rings. The van der Waals surface area contributed by atoms with Crippen LogP contribution in [0.1, 0.15) is 45.6 Å². The van der Waals surface area contributed by atoms with Gasteiger partial charge in [0.2, 0.25) is 0 Å². The molecule has 96 valence electrons. The van der Waals surface area contributed by atoms with E-state index in [-0.39, 0.29) is 5.82 Å². The average molecular weight is 238 g/mol. The number of hydrogen-bond acceptors (Lipinski definition) is 1. The number of rotatable bonds is 6. The van der Waals surface area contributed by atoms with E-state index in [0.717, 1.165) is 24.8 Å². The van der Waals surface area contributed by atoms with Crippen molar-refractivity contribution in [1.82, 2.24) is 0 Å². The van der Waals surface area contributed by atoms with Crippen LogP contribution in [0.5, 0.6) is 0 Å². The molecule has 0 aliphatic heterocycles. The van der Waals surface area contributed by atoms with Crippen molar-refractivity contribution in [2.45, 2.75) is 52.1 Å². The molecule has 0 saturated carbocycles. The molecule has 0 radical (unpaired) electrons. The lowest BCUT2D eigenvalue weighted by Gasteiger charge is -2.26. The lowest BCUT2D eigenvalue weighted by Crippen LogP contribution is -2.29. The summed E-state index contributed by atoms with van der Waals surface area (Å²) >= 11 is 0. The number of benzene rings is 1. The minimum Gasteiger partial charge on any atom is -0.390 e. The van der Waals surface area contributed by atoms with Crippen LogP contribution in [0.3, 0.4) is 0 Å². The molecular weight excluding hydrogens is 215 g/mol. The fourth-order valence-corrected chi connectivity index (χ4v) is 2.50. The molecule has 17 heavy (non-hydrogen) atoms. The Bertz CT molecular complexity index is 347. The third-order valence-electron chi connectivity index (χ3n) is 3.04. The van der Waals surface area contributed by atoms with Gasteiger partial charge < -0.3 is 5.11 Å². The Morgan fingerprint density at radius 3 is 2.71 bits per heavy atom. The van der Waals surface area contributed by atoms with Crippen LogP contribution in [-0.2, 0) is 6.42 Å². The highest BCUT2D eigenvalue weighted by Crippen LogP contribution is 2.24. The van der Waals surface area contributed by atoms with Gasteiger partial charge in [0.25, 0.3) is 0 Å². The monoisotopic (exact) mass is 238 g/mol. The first-order chi connectivity index (χ1) is 7.93. The first-order valence-corrected chi connectivity index (χ1v) is 6.40. The predicted octanol–water partition coefficient (Wildman–Crippen LogP) is 3.95. The van der Waals surface area contributed by atoms with Gasteiger partial charge in [-0.25, -0.2) is 4.39 Å². The van der Waals surface area contributed by atoms with Crippen LogP contribution in [0.4, 0.5) is 4.39 Å². The molecule has 1 rings (SSSR count). The van der Waals surface area contributed by atoms with E-state index < -0.39 is 5.60 Å². The predicted molar refractivity (Wildman–Crippen MR) is 69.4 cm³/mol. The van der Waals surface area contributed by atoms with E-state index in [2.05, 4.69) is 13.8 Å². The van der Waals surface area contributed by atoms with Gasteiger partial charge in [-0.3, -0.25) is 0 Å². The van der Waals surface area contributed by atoms with Gasteiger partial charge in [-0.05, 0) is 37.0 Å². The zero-order chi connectivity index (χ0) is 12.9. The second-order valence-corrected chi connectivity index (χ2v) is 5.40. The van der Waals surface area contributed by atoms with Crippen LogP contribution in [-0.4, -0.2) is 10.7 Å². The second kappa shape index (κ2) is 6.15. The molecule has 0 aliphatic rings. The van der Waals surface area contributed by atoms with E-state index in [1.807, 2.05) is 13.0 Å². The maximum absolute atomic E-state index is 13.0. The van der Waals surface area contributed by atoms with E-state index in [4.69, 9.17) is 0 Å². The highest BCUT2D eigenvalue weighted by molar-refractivity contribution is 5.18. The molecule has 0 fully saturated rings. The van der Waals surface area contributed by atoms with Crippen molar-refractivity contribution in [3.63, 3.8) is 0 Å². The summed E-state index contributed by atoms with van der Waals surface area (Å²) in [6.45, 7) is 6.14. The fraction of sp³-hybridized carbons (Fsp3) is 0.600. The molecule has 1 aromatic carbocycles. The van der Waals surface area contributed by atoms with Crippen LogP contribution in [0.2, 0.25) is 0 Å². The smallest absolute Gasteiger partial charge is 0.123 e. The largest absolute Gasteiger partial charge is 0.390 e. The minimum absolute atomic E-state index is 0.236. The molecule has 2 atom stereocenters. The van der Waals surface area contributed by atoms with Crippen molar-refractivity contribution in [3.8, 4) is 0 Å². The van der Waals surface area contributed by atoms with Crippen LogP contribution in [0.15, 0.2) is 24.3 Å². The summed E-state index contributed by atoms with van der Waals surface area (Å²) in [6, 6.07) is 6.48. The Hall–Kier alpha value is -0.890. The molecule has 0 saturated heterocycles. The Balaban J connectivity index is 2.59. The van der Waals surface area contributed by atoms with E-state index in [1.165, 1.54) is 12.1 Å². The summed E-state index contributed by atoms with van der Waals surface area (Å²) in [5.74, 6) is 0.267. The average Bonchev–Trinajstić information content (AvgIpc) is 2.15. The van der Waals surface area contributed by atoms with Crippen LogP contribution in [0.25, 0.3) is 0 Å².